The van der Waals surface area contributed by atoms with Gasteiger partial charge in [0.05, 0.1) is 22.5 Å². The van der Waals surface area contributed by atoms with Crippen LogP contribution in [0.4, 0.5) is 5.69 Å². The van der Waals surface area contributed by atoms with Crippen molar-refractivity contribution < 1.29 is 18.1 Å². The smallest absolute Gasteiger partial charge is 0.270 e. The van der Waals surface area contributed by atoms with Crippen LogP contribution in [0.5, 0.6) is 0 Å². The molecular weight excluding hydrogens is 310 g/mol. The van der Waals surface area contributed by atoms with E-state index in [1.165, 1.54) is 29.6 Å². The van der Waals surface area contributed by atoms with Crippen LogP contribution in [-0.4, -0.2) is 69.0 Å². The van der Waals surface area contributed by atoms with Crippen molar-refractivity contribution in [1.82, 2.24) is 9.21 Å². The van der Waals surface area contributed by atoms with E-state index in [2.05, 4.69) is 4.90 Å². The van der Waals surface area contributed by atoms with Crippen LogP contribution in [0.3, 0.4) is 0 Å². The topological polar surface area (TPSA) is 93.0 Å². The Balaban J connectivity index is 2.15. The molecule has 8 nitrogen and oxygen atoms in total. The maximum atomic E-state index is 12.5. The summed E-state index contributed by atoms with van der Waals surface area (Å²) in [7, 11) is -0.382. The maximum absolute atomic E-state index is 12.5. The van der Waals surface area contributed by atoms with Gasteiger partial charge in [-0.1, -0.05) is 6.07 Å². The van der Waals surface area contributed by atoms with Gasteiger partial charge in [-0.3, -0.25) is 10.1 Å². The molecule has 1 fully saturated rings. The highest BCUT2D eigenvalue weighted by molar-refractivity contribution is 7.89. The lowest BCUT2D eigenvalue weighted by atomic mass is 10.3. The van der Waals surface area contributed by atoms with Crippen LogP contribution in [0.2, 0.25) is 0 Å². The van der Waals surface area contributed by atoms with E-state index in [9.17, 15) is 18.5 Å². The largest absolute Gasteiger partial charge is 0.374 e. The quantitative estimate of drug-likeness (QED) is 0.578. The Morgan fingerprint density at radius 3 is 2.86 bits per heavy atom. The Morgan fingerprint density at radius 1 is 1.50 bits per heavy atom. The fraction of sp³-hybridized carbons (Fsp3) is 0.538. The SMILES string of the molecule is CN1CCOC(CN(C)S(=O)(=O)c2cccc([N+](=O)[O-])c2)C1. The molecule has 22 heavy (non-hydrogen) atoms. The molecule has 1 aromatic rings. The molecule has 1 saturated heterocycles. The first kappa shape index (κ1) is 16.8. The standard InChI is InChI=1S/C13H19N3O5S/c1-14-6-7-21-12(9-14)10-15(2)22(19,20)13-5-3-4-11(8-13)16(17)18/h3-5,8,12H,6-7,9-10H2,1-2H3. The molecule has 0 radical (unpaired) electrons. The Bertz CT molecular complexity index is 649. The normalized spacial score (nSPS) is 20.2. The van der Waals surface area contributed by atoms with Gasteiger partial charge >= 0.3 is 0 Å². The minimum atomic E-state index is -3.78. The van der Waals surface area contributed by atoms with Crippen molar-refractivity contribution in [3.63, 3.8) is 0 Å². The predicted octanol–water partition coefficient (Wildman–Crippen LogP) is 0.546. The maximum Gasteiger partial charge on any atom is 0.270 e. The number of sulfonamides is 1. The molecule has 1 aliphatic rings. The van der Waals surface area contributed by atoms with Crippen molar-refractivity contribution in [3.05, 3.63) is 34.4 Å². The zero-order valence-electron chi connectivity index (χ0n) is 12.5. The molecule has 0 amide bonds. The molecule has 0 aromatic heterocycles. The Kier molecular flexibility index (Phi) is 5.12. The number of benzene rings is 1. The highest BCUT2D eigenvalue weighted by atomic mass is 32.2. The molecule has 0 bridgehead atoms. The first-order valence-electron chi connectivity index (χ1n) is 6.81. The van der Waals surface area contributed by atoms with Crippen molar-refractivity contribution >= 4 is 15.7 Å². The number of nitro benzene ring substituents is 1. The molecule has 9 heteroatoms. The van der Waals surface area contributed by atoms with Crippen molar-refractivity contribution in [2.75, 3.05) is 40.3 Å². The number of ether oxygens (including phenoxy) is 1. The summed E-state index contributed by atoms with van der Waals surface area (Å²) in [6.45, 7) is 2.23. The minimum Gasteiger partial charge on any atom is -0.374 e. The van der Waals surface area contributed by atoms with Gasteiger partial charge < -0.3 is 9.64 Å². The molecule has 0 spiro atoms. The van der Waals surface area contributed by atoms with Gasteiger partial charge in [0.2, 0.25) is 10.0 Å². The lowest BCUT2D eigenvalue weighted by Crippen LogP contribution is -2.46. The van der Waals surface area contributed by atoms with Crippen LogP contribution in [0.25, 0.3) is 0 Å². The average Bonchev–Trinajstić information content (AvgIpc) is 2.47. The predicted molar refractivity (Wildman–Crippen MR) is 80.1 cm³/mol. The molecule has 1 heterocycles. The van der Waals surface area contributed by atoms with E-state index in [-0.39, 0.29) is 23.2 Å². The van der Waals surface area contributed by atoms with E-state index in [1.807, 2.05) is 7.05 Å². The second kappa shape index (κ2) is 6.69. The van der Waals surface area contributed by atoms with Gasteiger partial charge in [-0.25, -0.2) is 8.42 Å². The lowest BCUT2D eigenvalue weighted by Gasteiger charge is -2.32. The summed E-state index contributed by atoms with van der Waals surface area (Å²) in [6, 6.07) is 5.05. The van der Waals surface area contributed by atoms with Gasteiger partial charge in [-0.15, -0.1) is 0 Å². The van der Waals surface area contributed by atoms with Crippen LogP contribution in [0.1, 0.15) is 0 Å². The number of likely N-dealkylation sites (N-methyl/N-ethyl adjacent to an activating group) is 2. The fourth-order valence-corrected chi connectivity index (χ4v) is 3.54. The summed E-state index contributed by atoms with van der Waals surface area (Å²) < 4.78 is 31.7. The zero-order chi connectivity index (χ0) is 16.3. The first-order chi connectivity index (χ1) is 10.3. The third-order valence-electron chi connectivity index (χ3n) is 3.54. The van der Waals surface area contributed by atoms with E-state index in [4.69, 9.17) is 4.74 Å². The van der Waals surface area contributed by atoms with Gasteiger partial charge in [0, 0.05) is 38.8 Å². The van der Waals surface area contributed by atoms with Crippen LogP contribution in [0, 0.1) is 10.1 Å². The molecule has 122 valence electrons. The van der Waals surface area contributed by atoms with Gasteiger partial charge in [-0.2, -0.15) is 4.31 Å². The molecular formula is C13H19N3O5S. The highest BCUT2D eigenvalue weighted by Crippen LogP contribution is 2.20. The first-order valence-corrected chi connectivity index (χ1v) is 8.25. The Hall–Kier alpha value is -1.55. The highest BCUT2D eigenvalue weighted by Gasteiger charge is 2.27. The monoisotopic (exact) mass is 329 g/mol. The van der Waals surface area contributed by atoms with Crippen molar-refractivity contribution in [2.24, 2.45) is 0 Å². The Labute approximate surface area is 129 Å². The Morgan fingerprint density at radius 2 is 2.23 bits per heavy atom. The lowest BCUT2D eigenvalue weighted by molar-refractivity contribution is -0.385. The summed E-state index contributed by atoms with van der Waals surface area (Å²) in [5.74, 6) is 0. The summed E-state index contributed by atoms with van der Waals surface area (Å²) in [6.07, 6.45) is -0.211. The molecule has 0 N–H and O–H groups in total. The molecule has 1 atom stereocenters. The van der Waals surface area contributed by atoms with E-state index in [1.54, 1.807) is 0 Å². The van der Waals surface area contributed by atoms with E-state index < -0.39 is 14.9 Å². The van der Waals surface area contributed by atoms with Crippen molar-refractivity contribution in [1.29, 1.82) is 0 Å². The molecule has 1 unspecified atom stereocenters. The molecule has 0 aliphatic carbocycles. The number of nitrogens with zero attached hydrogens (tertiary/aromatic N) is 3. The number of rotatable bonds is 5. The minimum absolute atomic E-state index is 0.0895. The number of hydrogen-bond donors (Lipinski definition) is 0. The third kappa shape index (κ3) is 3.80. The van der Waals surface area contributed by atoms with Gasteiger partial charge in [-0.05, 0) is 13.1 Å². The molecule has 1 aliphatic heterocycles. The number of non-ortho nitro benzene ring substituents is 1. The summed E-state index contributed by atoms with van der Waals surface area (Å²) in [5.41, 5.74) is -0.247. The van der Waals surface area contributed by atoms with E-state index in [0.717, 1.165) is 12.6 Å². The summed E-state index contributed by atoms with van der Waals surface area (Å²) in [5, 5.41) is 10.8. The average molecular weight is 329 g/mol. The van der Waals surface area contributed by atoms with Crippen LogP contribution in [-0.2, 0) is 14.8 Å². The summed E-state index contributed by atoms with van der Waals surface area (Å²) >= 11 is 0. The van der Waals surface area contributed by atoms with Crippen molar-refractivity contribution in [3.8, 4) is 0 Å². The van der Waals surface area contributed by atoms with Gasteiger partial charge in [0.15, 0.2) is 0 Å². The van der Waals surface area contributed by atoms with E-state index >= 15 is 0 Å². The molecule has 0 saturated carbocycles. The van der Waals surface area contributed by atoms with E-state index in [0.29, 0.717) is 13.2 Å². The van der Waals surface area contributed by atoms with Crippen LogP contribution < -0.4 is 0 Å². The second-order valence-corrected chi connectivity index (χ2v) is 7.34. The fourth-order valence-electron chi connectivity index (χ4n) is 2.30. The van der Waals surface area contributed by atoms with Crippen LogP contribution >= 0.6 is 0 Å². The summed E-state index contributed by atoms with van der Waals surface area (Å²) in [4.78, 5) is 12.1. The number of morpholine rings is 1. The van der Waals surface area contributed by atoms with Crippen LogP contribution in [0.15, 0.2) is 29.2 Å². The number of hydrogen-bond acceptors (Lipinski definition) is 6. The van der Waals surface area contributed by atoms with Gasteiger partial charge in [0.1, 0.15) is 0 Å². The molecule has 2 rings (SSSR count). The third-order valence-corrected chi connectivity index (χ3v) is 5.36. The van der Waals surface area contributed by atoms with Crippen molar-refractivity contribution in [2.45, 2.75) is 11.0 Å². The van der Waals surface area contributed by atoms with Gasteiger partial charge in [0.25, 0.3) is 5.69 Å². The zero-order valence-corrected chi connectivity index (χ0v) is 13.3. The second-order valence-electron chi connectivity index (χ2n) is 5.30. The number of nitro groups is 1. The molecule has 1 aromatic carbocycles.